The first-order valence-electron chi connectivity index (χ1n) is 5.65. The summed E-state index contributed by atoms with van der Waals surface area (Å²) in [6.07, 6.45) is 0.668. The van der Waals surface area contributed by atoms with Crippen molar-refractivity contribution >= 4 is 5.91 Å². The lowest BCUT2D eigenvalue weighted by molar-refractivity contribution is -0.128. The van der Waals surface area contributed by atoms with Crippen LogP contribution in [0.4, 0.5) is 0 Å². The number of primary amides is 1. The predicted octanol–water partition coefficient (Wildman–Crippen LogP) is 1.14. The molecule has 1 unspecified atom stereocenters. The maximum atomic E-state index is 11.0. The Labute approximate surface area is 107 Å². The Balaban J connectivity index is 2.70. The molecule has 1 rings (SSSR count). The average molecular weight is 253 g/mol. The molecule has 18 heavy (non-hydrogen) atoms. The Hall–Kier alpha value is -1.75. The van der Waals surface area contributed by atoms with Crippen LogP contribution in [-0.4, -0.2) is 33.3 Å². The van der Waals surface area contributed by atoms with Gasteiger partial charge in [-0.25, -0.2) is 0 Å². The van der Waals surface area contributed by atoms with Gasteiger partial charge < -0.3 is 19.9 Å². The first kappa shape index (κ1) is 14.3. The smallest absolute Gasteiger partial charge is 0.246 e. The van der Waals surface area contributed by atoms with Gasteiger partial charge in [0.2, 0.25) is 5.91 Å². The molecule has 0 aliphatic rings. The first-order chi connectivity index (χ1) is 8.62. The van der Waals surface area contributed by atoms with Gasteiger partial charge in [0.1, 0.15) is 6.10 Å². The van der Waals surface area contributed by atoms with Crippen LogP contribution >= 0.6 is 0 Å². The highest BCUT2D eigenvalue weighted by atomic mass is 16.5. The largest absolute Gasteiger partial charge is 0.493 e. The summed E-state index contributed by atoms with van der Waals surface area (Å²) in [5, 5.41) is 0. The van der Waals surface area contributed by atoms with Crippen LogP contribution in [-0.2, 0) is 16.0 Å². The Morgan fingerprint density at radius 2 is 1.89 bits per heavy atom. The second-order valence-corrected chi connectivity index (χ2v) is 3.85. The standard InChI is InChI=1S/C13H19NO4/c1-16-10-6-4-9(8-12(10)18-3)5-7-11(17-2)13(14)15/h4,6,8,11H,5,7H2,1-3H3,(H2,14,15). The highest BCUT2D eigenvalue weighted by Gasteiger charge is 2.14. The lowest BCUT2D eigenvalue weighted by Crippen LogP contribution is -2.30. The van der Waals surface area contributed by atoms with E-state index in [0.29, 0.717) is 24.3 Å². The van der Waals surface area contributed by atoms with Crippen molar-refractivity contribution < 1.29 is 19.0 Å². The predicted molar refractivity (Wildman–Crippen MR) is 67.9 cm³/mol. The molecule has 0 saturated carbocycles. The third-order valence-electron chi connectivity index (χ3n) is 2.75. The molecule has 1 aromatic rings. The van der Waals surface area contributed by atoms with Gasteiger partial charge in [0.15, 0.2) is 11.5 Å². The molecule has 0 aliphatic carbocycles. The van der Waals surface area contributed by atoms with Crippen molar-refractivity contribution in [2.45, 2.75) is 18.9 Å². The van der Waals surface area contributed by atoms with Gasteiger partial charge in [-0.3, -0.25) is 4.79 Å². The fourth-order valence-corrected chi connectivity index (χ4v) is 1.71. The van der Waals surface area contributed by atoms with Crippen molar-refractivity contribution in [3.05, 3.63) is 23.8 Å². The van der Waals surface area contributed by atoms with E-state index in [1.54, 1.807) is 14.2 Å². The van der Waals surface area contributed by atoms with E-state index in [1.165, 1.54) is 7.11 Å². The summed E-state index contributed by atoms with van der Waals surface area (Å²) in [5.41, 5.74) is 6.24. The van der Waals surface area contributed by atoms with Crippen LogP contribution < -0.4 is 15.2 Å². The van der Waals surface area contributed by atoms with Gasteiger partial charge in [-0.2, -0.15) is 0 Å². The van der Waals surface area contributed by atoms with Gasteiger partial charge in [-0.05, 0) is 30.5 Å². The minimum atomic E-state index is -0.557. The molecule has 0 radical (unpaired) electrons. The van der Waals surface area contributed by atoms with E-state index in [4.69, 9.17) is 19.9 Å². The fraction of sp³-hybridized carbons (Fsp3) is 0.462. The Morgan fingerprint density at radius 1 is 1.22 bits per heavy atom. The van der Waals surface area contributed by atoms with E-state index in [1.807, 2.05) is 18.2 Å². The van der Waals surface area contributed by atoms with E-state index in [9.17, 15) is 4.79 Å². The molecule has 0 spiro atoms. The van der Waals surface area contributed by atoms with Crippen molar-refractivity contribution in [2.24, 2.45) is 5.73 Å². The number of methoxy groups -OCH3 is 3. The zero-order valence-electron chi connectivity index (χ0n) is 10.9. The molecule has 0 aliphatic heterocycles. The van der Waals surface area contributed by atoms with Crippen LogP contribution in [0.5, 0.6) is 11.5 Å². The Bertz CT molecular complexity index is 406. The monoisotopic (exact) mass is 253 g/mol. The lowest BCUT2D eigenvalue weighted by atomic mass is 10.1. The molecule has 1 aromatic carbocycles. The highest BCUT2D eigenvalue weighted by molar-refractivity contribution is 5.78. The van der Waals surface area contributed by atoms with E-state index in [-0.39, 0.29) is 0 Å². The Morgan fingerprint density at radius 3 is 2.39 bits per heavy atom. The SMILES string of the molecule is COc1ccc(CCC(OC)C(N)=O)cc1OC. The van der Waals surface area contributed by atoms with Crippen LogP contribution in [0, 0.1) is 0 Å². The molecular weight excluding hydrogens is 234 g/mol. The quantitative estimate of drug-likeness (QED) is 0.791. The molecule has 0 saturated heterocycles. The van der Waals surface area contributed by atoms with Crippen LogP contribution in [0.15, 0.2) is 18.2 Å². The minimum Gasteiger partial charge on any atom is -0.493 e. The van der Waals surface area contributed by atoms with Gasteiger partial charge in [0.05, 0.1) is 14.2 Å². The maximum absolute atomic E-state index is 11.0. The number of carbonyl (C=O) groups excluding carboxylic acids is 1. The van der Waals surface area contributed by atoms with Gasteiger partial charge in [0.25, 0.3) is 0 Å². The topological polar surface area (TPSA) is 70.8 Å². The van der Waals surface area contributed by atoms with Gasteiger partial charge in [0, 0.05) is 7.11 Å². The molecule has 0 heterocycles. The summed E-state index contributed by atoms with van der Waals surface area (Å²) in [5.74, 6) is 0.903. The van der Waals surface area contributed by atoms with E-state index >= 15 is 0 Å². The maximum Gasteiger partial charge on any atom is 0.246 e. The summed E-state index contributed by atoms with van der Waals surface area (Å²) in [7, 11) is 4.65. The molecule has 0 fully saturated rings. The number of hydrogen-bond acceptors (Lipinski definition) is 4. The van der Waals surface area contributed by atoms with Crippen molar-refractivity contribution in [1.82, 2.24) is 0 Å². The third-order valence-corrected chi connectivity index (χ3v) is 2.75. The molecule has 0 bridgehead atoms. The third kappa shape index (κ3) is 3.63. The number of benzene rings is 1. The molecule has 1 amide bonds. The van der Waals surface area contributed by atoms with Gasteiger partial charge >= 0.3 is 0 Å². The van der Waals surface area contributed by atoms with Gasteiger partial charge in [-0.15, -0.1) is 0 Å². The molecule has 100 valence electrons. The fourth-order valence-electron chi connectivity index (χ4n) is 1.71. The van der Waals surface area contributed by atoms with Crippen molar-refractivity contribution in [2.75, 3.05) is 21.3 Å². The van der Waals surface area contributed by atoms with E-state index in [2.05, 4.69) is 0 Å². The second-order valence-electron chi connectivity index (χ2n) is 3.85. The highest BCUT2D eigenvalue weighted by Crippen LogP contribution is 2.28. The van der Waals surface area contributed by atoms with Crippen molar-refractivity contribution in [3.63, 3.8) is 0 Å². The molecule has 5 nitrogen and oxygen atoms in total. The summed E-state index contributed by atoms with van der Waals surface area (Å²) < 4.78 is 15.4. The molecular formula is C13H19NO4. The number of hydrogen-bond donors (Lipinski definition) is 1. The molecule has 2 N–H and O–H groups in total. The lowest BCUT2D eigenvalue weighted by Gasteiger charge is -2.12. The van der Waals surface area contributed by atoms with Gasteiger partial charge in [-0.1, -0.05) is 6.07 Å². The van der Waals surface area contributed by atoms with Crippen LogP contribution in [0.2, 0.25) is 0 Å². The van der Waals surface area contributed by atoms with Crippen LogP contribution in [0.1, 0.15) is 12.0 Å². The van der Waals surface area contributed by atoms with Crippen molar-refractivity contribution in [3.8, 4) is 11.5 Å². The number of carbonyl (C=O) groups is 1. The number of ether oxygens (including phenoxy) is 3. The number of nitrogens with two attached hydrogens (primary N) is 1. The van der Waals surface area contributed by atoms with Crippen molar-refractivity contribution in [1.29, 1.82) is 0 Å². The zero-order chi connectivity index (χ0) is 13.5. The normalized spacial score (nSPS) is 11.9. The number of amides is 1. The average Bonchev–Trinajstić information content (AvgIpc) is 2.38. The summed E-state index contributed by atoms with van der Waals surface area (Å²) >= 11 is 0. The summed E-state index contributed by atoms with van der Waals surface area (Å²) in [6, 6.07) is 5.64. The number of aryl methyl sites for hydroxylation is 1. The molecule has 0 aromatic heterocycles. The Kier molecular flexibility index (Phi) is 5.45. The van der Waals surface area contributed by atoms with E-state index in [0.717, 1.165) is 5.56 Å². The number of rotatable bonds is 7. The summed E-state index contributed by atoms with van der Waals surface area (Å²) in [6.45, 7) is 0. The minimum absolute atomic E-state index is 0.446. The second kappa shape index (κ2) is 6.86. The van der Waals surface area contributed by atoms with Crippen LogP contribution in [0.25, 0.3) is 0 Å². The molecule has 1 atom stereocenters. The summed E-state index contributed by atoms with van der Waals surface area (Å²) in [4.78, 5) is 11.0. The first-order valence-corrected chi connectivity index (χ1v) is 5.65. The zero-order valence-corrected chi connectivity index (χ0v) is 10.9. The van der Waals surface area contributed by atoms with Crippen LogP contribution in [0.3, 0.4) is 0 Å². The molecule has 5 heteroatoms. The van der Waals surface area contributed by atoms with E-state index < -0.39 is 12.0 Å².